The van der Waals surface area contributed by atoms with Gasteiger partial charge in [0.05, 0.1) is 15.9 Å². The SMILES string of the molecule is O=C1S/C(=C\c2ccc(OCc3cccc4ccccc34)c(Br)c2)C(=O)N1Cc1c(Cl)cccc1Cl. The van der Waals surface area contributed by atoms with Gasteiger partial charge in [-0.3, -0.25) is 14.5 Å². The van der Waals surface area contributed by atoms with E-state index in [1.165, 1.54) is 5.39 Å². The summed E-state index contributed by atoms with van der Waals surface area (Å²) in [5.74, 6) is 0.301. The maximum Gasteiger partial charge on any atom is 0.293 e. The fourth-order valence-electron chi connectivity index (χ4n) is 3.93. The molecule has 4 nitrogen and oxygen atoms in total. The minimum Gasteiger partial charge on any atom is -0.488 e. The van der Waals surface area contributed by atoms with Crippen molar-refractivity contribution in [3.63, 3.8) is 0 Å². The van der Waals surface area contributed by atoms with Crippen LogP contribution in [0, 0.1) is 0 Å². The van der Waals surface area contributed by atoms with Crippen LogP contribution >= 0.6 is 50.9 Å². The minimum absolute atomic E-state index is 0.0190. The van der Waals surface area contributed by atoms with Crippen LogP contribution in [0.1, 0.15) is 16.7 Å². The minimum atomic E-state index is -0.381. The van der Waals surface area contributed by atoms with E-state index in [2.05, 4.69) is 40.2 Å². The van der Waals surface area contributed by atoms with Crippen molar-refractivity contribution in [2.75, 3.05) is 0 Å². The zero-order chi connectivity index (χ0) is 25.2. The number of rotatable bonds is 6. The summed E-state index contributed by atoms with van der Waals surface area (Å²) in [7, 11) is 0. The van der Waals surface area contributed by atoms with Crippen LogP contribution in [0.2, 0.25) is 10.0 Å². The summed E-state index contributed by atoms with van der Waals surface area (Å²) in [6.45, 7) is 0.438. The van der Waals surface area contributed by atoms with Gasteiger partial charge in [0.1, 0.15) is 12.4 Å². The Morgan fingerprint density at radius 3 is 2.42 bits per heavy atom. The molecule has 1 aliphatic rings. The Morgan fingerprint density at radius 2 is 1.64 bits per heavy atom. The van der Waals surface area contributed by atoms with Crippen LogP contribution < -0.4 is 4.74 Å². The fourth-order valence-corrected chi connectivity index (χ4v) is 5.79. The molecule has 0 unspecified atom stereocenters. The number of hydrogen-bond acceptors (Lipinski definition) is 4. The van der Waals surface area contributed by atoms with Gasteiger partial charge in [0.2, 0.25) is 0 Å². The van der Waals surface area contributed by atoms with Crippen molar-refractivity contribution in [2.45, 2.75) is 13.2 Å². The molecule has 1 fully saturated rings. The lowest BCUT2D eigenvalue weighted by Gasteiger charge is -2.14. The Morgan fingerprint density at radius 1 is 0.917 bits per heavy atom. The van der Waals surface area contributed by atoms with Gasteiger partial charge in [-0.1, -0.05) is 77.8 Å². The van der Waals surface area contributed by atoms with Gasteiger partial charge in [-0.05, 0) is 79.9 Å². The molecule has 0 radical (unpaired) electrons. The van der Waals surface area contributed by atoms with E-state index in [1.54, 1.807) is 24.3 Å². The zero-order valence-corrected chi connectivity index (χ0v) is 22.6. The second-order valence-corrected chi connectivity index (χ2v) is 10.7. The third kappa shape index (κ3) is 5.18. The molecule has 4 aromatic carbocycles. The maximum absolute atomic E-state index is 13.0. The van der Waals surface area contributed by atoms with Crippen molar-refractivity contribution in [3.8, 4) is 5.75 Å². The van der Waals surface area contributed by atoms with Gasteiger partial charge in [-0.15, -0.1) is 0 Å². The smallest absolute Gasteiger partial charge is 0.293 e. The number of carbonyl (C=O) groups excluding carboxylic acids is 2. The van der Waals surface area contributed by atoms with Gasteiger partial charge in [-0.2, -0.15) is 0 Å². The summed E-state index contributed by atoms with van der Waals surface area (Å²) in [6, 6.07) is 25.0. The second kappa shape index (κ2) is 10.7. The van der Waals surface area contributed by atoms with E-state index in [4.69, 9.17) is 27.9 Å². The summed E-state index contributed by atoms with van der Waals surface area (Å²) in [6.07, 6.45) is 1.69. The van der Waals surface area contributed by atoms with Crippen molar-refractivity contribution >= 4 is 78.9 Å². The molecule has 180 valence electrons. The van der Waals surface area contributed by atoms with Crippen LogP contribution in [0.3, 0.4) is 0 Å². The number of benzene rings is 4. The quantitative estimate of drug-likeness (QED) is 0.208. The average molecular weight is 599 g/mol. The molecule has 0 N–H and O–H groups in total. The molecule has 36 heavy (non-hydrogen) atoms. The van der Waals surface area contributed by atoms with Crippen molar-refractivity contribution in [1.29, 1.82) is 0 Å². The first-order valence-electron chi connectivity index (χ1n) is 11.0. The predicted molar refractivity (Wildman–Crippen MR) is 150 cm³/mol. The molecule has 0 aromatic heterocycles. The van der Waals surface area contributed by atoms with Crippen LogP contribution in [0.25, 0.3) is 16.8 Å². The number of hydrogen-bond donors (Lipinski definition) is 0. The molecule has 1 saturated heterocycles. The van der Waals surface area contributed by atoms with Gasteiger partial charge in [0.25, 0.3) is 11.1 Å². The molecule has 0 atom stereocenters. The topological polar surface area (TPSA) is 46.6 Å². The number of amides is 2. The third-order valence-corrected chi connectivity index (χ3v) is 8.00. The molecule has 4 aromatic rings. The van der Waals surface area contributed by atoms with E-state index in [-0.39, 0.29) is 17.7 Å². The van der Waals surface area contributed by atoms with E-state index < -0.39 is 0 Å². The zero-order valence-electron chi connectivity index (χ0n) is 18.7. The largest absolute Gasteiger partial charge is 0.488 e. The molecule has 5 rings (SSSR count). The van der Waals surface area contributed by atoms with E-state index in [0.29, 0.717) is 32.9 Å². The van der Waals surface area contributed by atoms with Crippen molar-refractivity contribution in [1.82, 2.24) is 4.90 Å². The Kier molecular flexibility index (Phi) is 7.39. The van der Waals surface area contributed by atoms with Gasteiger partial charge >= 0.3 is 0 Å². The normalized spacial score (nSPS) is 14.8. The number of thioether (sulfide) groups is 1. The summed E-state index contributed by atoms with van der Waals surface area (Å²) >= 11 is 16.9. The Labute approximate surface area is 231 Å². The molecule has 2 amide bonds. The van der Waals surface area contributed by atoms with Crippen molar-refractivity contribution in [2.24, 2.45) is 0 Å². The Bertz CT molecular complexity index is 1510. The highest BCUT2D eigenvalue weighted by molar-refractivity contribution is 9.10. The fraction of sp³-hybridized carbons (Fsp3) is 0.0714. The lowest BCUT2D eigenvalue weighted by atomic mass is 10.1. The molecule has 8 heteroatoms. The summed E-state index contributed by atoms with van der Waals surface area (Å²) in [4.78, 5) is 27.0. The highest BCUT2D eigenvalue weighted by Crippen LogP contribution is 2.36. The number of nitrogens with zero attached hydrogens (tertiary/aromatic N) is 1. The molecule has 0 spiro atoms. The lowest BCUT2D eigenvalue weighted by Crippen LogP contribution is -2.27. The van der Waals surface area contributed by atoms with Crippen LogP contribution in [-0.2, 0) is 17.9 Å². The Hall–Kier alpha value is -2.77. The molecule has 0 saturated carbocycles. The monoisotopic (exact) mass is 597 g/mol. The number of carbonyl (C=O) groups is 2. The lowest BCUT2D eigenvalue weighted by molar-refractivity contribution is -0.123. The van der Waals surface area contributed by atoms with E-state index in [0.717, 1.165) is 37.6 Å². The summed E-state index contributed by atoms with van der Waals surface area (Å²) in [5.41, 5.74) is 2.40. The van der Waals surface area contributed by atoms with Gasteiger partial charge < -0.3 is 4.74 Å². The predicted octanol–water partition coefficient (Wildman–Crippen LogP) is 8.72. The van der Waals surface area contributed by atoms with Crippen molar-refractivity contribution < 1.29 is 14.3 Å². The number of halogens is 3. The number of ether oxygens (including phenoxy) is 1. The summed E-state index contributed by atoms with van der Waals surface area (Å²) < 4.78 is 6.82. The second-order valence-electron chi connectivity index (χ2n) is 8.08. The molecule has 1 aliphatic heterocycles. The number of imide groups is 1. The van der Waals surface area contributed by atoms with Gasteiger partial charge in [0.15, 0.2) is 0 Å². The molecular weight excluding hydrogens is 581 g/mol. The first-order chi connectivity index (χ1) is 17.4. The van der Waals surface area contributed by atoms with Crippen LogP contribution in [0.15, 0.2) is 88.2 Å². The first kappa shape index (κ1) is 24.9. The van der Waals surface area contributed by atoms with E-state index >= 15 is 0 Å². The molecule has 1 heterocycles. The standard InChI is InChI=1S/C28H18BrCl2NO3S/c29-22-13-17(11-12-25(22)35-16-19-7-3-6-18-5-1-2-8-20(18)19)14-26-27(33)32(28(34)36-26)15-21-23(30)9-4-10-24(21)31/h1-14H,15-16H2/b26-14-. The van der Waals surface area contributed by atoms with Crippen LogP contribution in [-0.4, -0.2) is 16.0 Å². The third-order valence-electron chi connectivity index (χ3n) is 5.77. The number of fused-ring (bicyclic) bond motifs is 1. The summed E-state index contributed by atoms with van der Waals surface area (Å²) in [5, 5.41) is 2.78. The highest BCUT2D eigenvalue weighted by atomic mass is 79.9. The molecular formula is C28H18BrCl2NO3S. The highest BCUT2D eigenvalue weighted by Gasteiger charge is 2.35. The van der Waals surface area contributed by atoms with Gasteiger partial charge in [-0.25, -0.2) is 0 Å². The van der Waals surface area contributed by atoms with Gasteiger partial charge in [0, 0.05) is 15.6 Å². The van der Waals surface area contributed by atoms with E-state index in [1.807, 2.05) is 36.4 Å². The Balaban J connectivity index is 1.31. The van der Waals surface area contributed by atoms with Crippen LogP contribution in [0.5, 0.6) is 5.75 Å². The van der Waals surface area contributed by atoms with Crippen LogP contribution in [0.4, 0.5) is 4.79 Å². The molecule has 0 aliphatic carbocycles. The maximum atomic E-state index is 13.0. The van der Waals surface area contributed by atoms with Crippen molar-refractivity contribution in [3.05, 3.63) is 115 Å². The molecule has 0 bridgehead atoms. The first-order valence-corrected chi connectivity index (χ1v) is 13.3. The average Bonchev–Trinajstić information content (AvgIpc) is 3.13. The van der Waals surface area contributed by atoms with E-state index in [9.17, 15) is 9.59 Å².